The fraction of sp³-hybridized carbons (Fsp3) is 0.522. The number of ether oxygens (including phenoxy) is 3. The van der Waals surface area contributed by atoms with Gasteiger partial charge in [0, 0.05) is 37.2 Å². The number of halogens is 1. The van der Waals surface area contributed by atoms with Gasteiger partial charge in [0.05, 0.1) is 19.3 Å². The molecule has 12 nitrogen and oxygen atoms in total. The third-order valence-electron chi connectivity index (χ3n) is 6.29. The molecular weight excluding hydrogens is 531 g/mol. The number of carbonyl (C=O) groups is 1. The van der Waals surface area contributed by atoms with Crippen LogP contribution in [0.3, 0.4) is 0 Å². The highest BCUT2D eigenvalue weighted by molar-refractivity contribution is 7.48. The topological polar surface area (TPSA) is 144 Å². The lowest BCUT2D eigenvalue weighted by Gasteiger charge is -2.34. The molecule has 14 heteroatoms. The molecule has 37 heavy (non-hydrogen) atoms. The Bertz CT molecular complexity index is 1300. The van der Waals surface area contributed by atoms with Gasteiger partial charge < -0.3 is 14.2 Å². The second-order valence-corrected chi connectivity index (χ2v) is 10.8. The van der Waals surface area contributed by atoms with Crippen molar-refractivity contribution in [3.05, 3.63) is 68.0 Å². The number of carbonyl (C=O) groups excluding carboxylic acids is 1. The number of hydrogen-bond donors (Lipinski definition) is 1. The summed E-state index contributed by atoms with van der Waals surface area (Å²) in [5.74, 6) is -0.547. The van der Waals surface area contributed by atoms with Crippen molar-refractivity contribution in [2.75, 3.05) is 20.3 Å². The van der Waals surface area contributed by atoms with E-state index in [0.29, 0.717) is 11.4 Å². The molecule has 0 saturated carbocycles. The summed E-state index contributed by atoms with van der Waals surface area (Å²) in [6, 6.07) is 8.12. The average molecular weight is 559 g/mol. The van der Waals surface area contributed by atoms with Crippen molar-refractivity contribution in [1.29, 1.82) is 0 Å². The summed E-state index contributed by atoms with van der Waals surface area (Å²) in [5.41, 5.74) is -2.01. The zero-order valence-electron chi connectivity index (χ0n) is 20.5. The van der Waals surface area contributed by atoms with Crippen molar-refractivity contribution >= 4 is 25.4 Å². The van der Waals surface area contributed by atoms with Gasteiger partial charge in [-0.25, -0.2) is 9.36 Å². The van der Waals surface area contributed by atoms with E-state index < -0.39 is 55.2 Å². The van der Waals surface area contributed by atoms with E-state index in [1.165, 1.54) is 13.3 Å². The standard InChI is InChI=1S/C23H28ClN2O10P/c1-4-19(28)35-20-17(34-21(23(20,2)31-3)26-10-8-18(27)25-22(26)29)13-33-37(30)32-11-9-16(36-37)14-6-5-7-15(24)12-14/h5-8,10,12,16-17,20-21H,4,9,11,13H2,1-3H3,(H,25,27,29)/t16-,17+,20+,21+,23+,37+/m0/s1. The van der Waals surface area contributed by atoms with Crippen LogP contribution in [0.1, 0.15) is 44.6 Å². The number of rotatable bonds is 8. The molecule has 3 heterocycles. The van der Waals surface area contributed by atoms with Gasteiger partial charge in [-0.05, 0) is 24.6 Å². The number of nitrogens with one attached hydrogen (secondary N) is 1. The molecule has 2 fully saturated rings. The van der Waals surface area contributed by atoms with Gasteiger partial charge in [0.1, 0.15) is 11.7 Å². The van der Waals surface area contributed by atoms with E-state index in [4.69, 9.17) is 39.4 Å². The number of methoxy groups -OCH3 is 1. The molecule has 1 aromatic carbocycles. The molecule has 202 valence electrons. The summed E-state index contributed by atoms with van der Waals surface area (Å²) < 4.78 is 48.5. The summed E-state index contributed by atoms with van der Waals surface area (Å²) in [4.78, 5) is 38.5. The molecule has 0 aliphatic carbocycles. The predicted molar refractivity (Wildman–Crippen MR) is 130 cm³/mol. The zero-order chi connectivity index (χ0) is 26.8. The van der Waals surface area contributed by atoms with E-state index >= 15 is 0 Å². The SMILES string of the molecule is CCC(=O)O[C@@H]1[C@@H](CO[P@@]2(=O)OCC[C@@H](c3cccc(Cl)c3)O2)O[C@@H](n2ccc(=O)[nH]c2=O)[C@]1(C)OC. The van der Waals surface area contributed by atoms with Crippen LogP contribution in [0.5, 0.6) is 0 Å². The van der Waals surface area contributed by atoms with Crippen molar-refractivity contribution in [1.82, 2.24) is 9.55 Å². The van der Waals surface area contributed by atoms with Gasteiger partial charge >= 0.3 is 19.5 Å². The van der Waals surface area contributed by atoms with Crippen LogP contribution in [-0.2, 0) is 37.1 Å². The van der Waals surface area contributed by atoms with Crippen molar-refractivity contribution in [2.45, 2.75) is 56.8 Å². The second-order valence-electron chi connectivity index (χ2n) is 8.71. The Hall–Kier alpha value is -2.31. The number of H-pyrrole nitrogens is 1. The summed E-state index contributed by atoms with van der Waals surface area (Å²) in [6.07, 6.45) is -2.06. The molecule has 2 aliphatic heterocycles. The average Bonchev–Trinajstić information content (AvgIpc) is 3.14. The lowest BCUT2D eigenvalue weighted by atomic mass is 9.95. The van der Waals surface area contributed by atoms with Crippen LogP contribution >= 0.6 is 19.4 Å². The van der Waals surface area contributed by atoms with Crippen LogP contribution in [0.4, 0.5) is 0 Å². The number of aromatic amines is 1. The zero-order valence-corrected chi connectivity index (χ0v) is 22.1. The first-order chi connectivity index (χ1) is 17.6. The fourth-order valence-corrected chi connectivity index (χ4v) is 5.87. The number of benzene rings is 1. The third-order valence-corrected chi connectivity index (χ3v) is 8.00. The third kappa shape index (κ3) is 5.91. The molecular formula is C23H28ClN2O10P. The van der Waals surface area contributed by atoms with Gasteiger partial charge in [0.2, 0.25) is 0 Å². The highest BCUT2D eigenvalue weighted by atomic mass is 35.5. The maximum Gasteiger partial charge on any atom is 0.475 e. The smallest absolute Gasteiger partial charge is 0.456 e. The molecule has 1 aromatic heterocycles. The highest BCUT2D eigenvalue weighted by Gasteiger charge is 2.58. The Labute approximate surface area is 217 Å². The molecule has 6 atom stereocenters. The van der Waals surface area contributed by atoms with Gasteiger partial charge in [-0.1, -0.05) is 30.7 Å². The fourth-order valence-electron chi connectivity index (χ4n) is 4.27. The Morgan fingerprint density at radius 2 is 2.11 bits per heavy atom. The summed E-state index contributed by atoms with van der Waals surface area (Å²) in [5, 5.41) is 0.505. The molecule has 0 spiro atoms. The molecule has 0 bridgehead atoms. The van der Waals surface area contributed by atoms with E-state index in [1.54, 1.807) is 38.1 Å². The Morgan fingerprint density at radius 1 is 1.32 bits per heavy atom. The molecule has 1 N–H and O–H groups in total. The van der Waals surface area contributed by atoms with Gasteiger partial charge in [-0.15, -0.1) is 0 Å². The van der Waals surface area contributed by atoms with Crippen LogP contribution in [0.25, 0.3) is 0 Å². The van der Waals surface area contributed by atoms with E-state index in [2.05, 4.69) is 4.98 Å². The lowest BCUT2D eigenvalue weighted by molar-refractivity contribution is -0.168. The van der Waals surface area contributed by atoms with Crippen LogP contribution in [0, 0.1) is 0 Å². The predicted octanol–water partition coefficient (Wildman–Crippen LogP) is 3.12. The minimum atomic E-state index is -4.05. The number of phosphoric ester groups is 1. The first-order valence-electron chi connectivity index (χ1n) is 11.6. The van der Waals surface area contributed by atoms with Crippen LogP contribution in [0.2, 0.25) is 5.02 Å². The molecule has 0 unspecified atom stereocenters. The van der Waals surface area contributed by atoms with Gasteiger partial charge in [-0.2, -0.15) is 0 Å². The second kappa shape index (κ2) is 11.2. The maximum atomic E-state index is 13.3. The van der Waals surface area contributed by atoms with Gasteiger partial charge in [0.15, 0.2) is 12.3 Å². The molecule has 2 saturated heterocycles. The van der Waals surface area contributed by atoms with E-state index in [1.807, 2.05) is 0 Å². The molecule has 2 aliphatic rings. The molecule has 2 aromatic rings. The van der Waals surface area contributed by atoms with Crippen LogP contribution < -0.4 is 11.2 Å². The Morgan fingerprint density at radius 3 is 2.78 bits per heavy atom. The maximum absolute atomic E-state index is 13.3. The van der Waals surface area contributed by atoms with Crippen LogP contribution in [-0.4, -0.2) is 53.7 Å². The minimum Gasteiger partial charge on any atom is -0.456 e. The van der Waals surface area contributed by atoms with Crippen molar-refractivity contribution < 1.29 is 37.1 Å². The summed E-state index contributed by atoms with van der Waals surface area (Å²) in [6.45, 7) is 2.94. The first kappa shape index (κ1) is 27.7. The van der Waals surface area contributed by atoms with Gasteiger partial charge in [-0.3, -0.25) is 32.7 Å². The van der Waals surface area contributed by atoms with E-state index in [-0.39, 0.29) is 19.6 Å². The molecule has 0 radical (unpaired) electrons. The molecule has 0 amide bonds. The van der Waals surface area contributed by atoms with Crippen molar-refractivity contribution in [3.8, 4) is 0 Å². The quantitative estimate of drug-likeness (QED) is 0.379. The monoisotopic (exact) mass is 558 g/mol. The number of aromatic nitrogens is 2. The summed E-state index contributed by atoms with van der Waals surface area (Å²) >= 11 is 6.08. The molecule has 4 rings (SSSR count). The first-order valence-corrected chi connectivity index (χ1v) is 13.5. The Kier molecular flexibility index (Phi) is 8.39. The largest absolute Gasteiger partial charge is 0.475 e. The van der Waals surface area contributed by atoms with E-state index in [0.717, 1.165) is 16.2 Å². The lowest BCUT2D eigenvalue weighted by Crippen LogP contribution is -2.50. The van der Waals surface area contributed by atoms with Gasteiger partial charge in [0.25, 0.3) is 5.56 Å². The normalized spacial score (nSPS) is 31.8. The van der Waals surface area contributed by atoms with Crippen LogP contribution in [0.15, 0.2) is 46.1 Å². The number of phosphoric acid groups is 1. The minimum absolute atomic E-state index is 0.0686. The Balaban J connectivity index is 1.57. The number of esters is 1. The van der Waals surface area contributed by atoms with Crippen molar-refractivity contribution in [3.63, 3.8) is 0 Å². The highest BCUT2D eigenvalue weighted by Crippen LogP contribution is 2.57. The number of hydrogen-bond acceptors (Lipinski definition) is 10. The summed E-state index contributed by atoms with van der Waals surface area (Å²) in [7, 11) is -2.68. The number of nitrogens with zero attached hydrogens (tertiary/aromatic N) is 1. The van der Waals surface area contributed by atoms with E-state index in [9.17, 15) is 18.9 Å². The van der Waals surface area contributed by atoms with Crippen molar-refractivity contribution in [2.24, 2.45) is 0 Å².